The molecule has 32 heavy (non-hydrogen) atoms. The number of anilines is 1. The number of nitrogens with one attached hydrogen (secondary N) is 2. The molecule has 1 aliphatic carbocycles. The third kappa shape index (κ3) is 8.41. The number of nitrogen functional groups attached to an aromatic ring is 1. The predicted octanol–water partition coefficient (Wildman–Crippen LogP) is 6.03. The van der Waals surface area contributed by atoms with Gasteiger partial charge in [-0.1, -0.05) is 44.4 Å². The van der Waals surface area contributed by atoms with Crippen molar-refractivity contribution in [1.29, 1.82) is 5.41 Å². The smallest absolute Gasteiger partial charge is 0.229 e. The van der Waals surface area contributed by atoms with Crippen LogP contribution in [0.1, 0.15) is 51.0 Å². The summed E-state index contributed by atoms with van der Waals surface area (Å²) < 4.78 is 26.9. The van der Waals surface area contributed by atoms with Gasteiger partial charge in [-0.05, 0) is 60.8 Å². The van der Waals surface area contributed by atoms with Crippen LogP contribution in [0.15, 0.2) is 71.4 Å². The van der Waals surface area contributed by atoms with Gasteiger partial charge in [-0.2, -0.15) is 0 Å². The fraction of sp³-hybridized carbons (Fsp3) is 0.320. The quantitative estimate of drug-likeness (QED) is 0.189. The Hall–Kier alpha value is -3.35. The Balaban J connectivity index is 2.10. The minimum Gasteiger partial charge on any atom is -0.399 e. The number of carbonyl (C=O) groups excluding carboxylic acids is 1. The van der Waals surface area contributed by atoms with Gasteiger partial charge in [-0.3, -0.25) is 4.79 Å². The zero-order chi connectivity index (χ0) is 23.5. The number of amidine groups is 1. The van der Waals surface area contributed by atoms with Crippen molar-refractivity contribution in [1.82, 2.24) is 5.32 Å². The molecule has 1 saturated carbocycles. The number of rotatable bonds is 9. The van der Waals surface area contributed by atoms with Crippen molar-refractivity contribution in [3.8, 4) is 0 Å². The van der Waals surface area contributed by atoms with Crippen molar-refractivity contribution in [2.45, 2.75) is 45.4 Å². The van der Waals surface area contributed by atoms with E-state index in [2.05, 4.69) is 16.9 Å². The largest absolute Gasteiger partial charge is 0.399 e. The van der Waals surface area contributed by atoms with E-state index in [-0.39, 0.29) is 23.5 Å². The molecule has 4 N–H and O–H groups in total. The van der Waals surface area contributed by atoms with E-state index in [1.807, 2.05) is 12.1 Å². The lowest BCUT2D eigenvalue weighted by atomic mass is 10.00. The number of nitrogens with two attached hydrogens (primary N) is 1. The Kier molecular flexibility index (Phi) is 9.73. The molecule has 0 unspecified atom stereocenters. The molecule has 1 amide bonds. The number of allylic oxidation sites excluding steroid dienone is 4. The highest BCUT2D eigenvalue weighted by molar-refractivity contribution is 6.42. The van der Waals surface area contributed by atoms with E-state index >= 15 is 0 Å². The average Bonchev–Trinajstić information content (AvgIpc) is 3.26. The van der Waals surface area contributed by atoms with E-state index in [1.54, 1.807) is 18.2 Å². The third-order valence-corrected chi connectivity index (χ3v) is 5.12. The molecule has 1 aromatic rings. The van der Waals surface area contributed by atoms with Crippen molar-refractivity contribution in [2.75, 3.05) is 5.73 Å². The first-order valence-corrected chi connectivity index (χ1v) is 10.6. The summed E-state index contributed by atoms with van der Waals surface area (Å²) in [4.78, 5) is 16.7. The minimum absolute atomic E-state index is 0.107. The fourth-order valence-electron chi connectivity index (χ4n) is 3.41. The molecule has 0 spiro atoms. The molecule has 0 aromatic heterocycles. The highest BCUT2D eigenvalue weighted by Gasteiger charge is 2.20. The summed E-state index contributed by atoms with van der Waals surface area (Å²) in [7, 11) is 0. The van der Waals surface area contributed by atoms with E-state index in [0.717, 1.165) is 43.4 Å². The first-order valence-electron chi connectivity index (χ1n) is 10.6. The van der Waals surface area contributed by atoms with Crippen LogP contribution in [0.5, 0.6) is 0 Å². The lowest BCUT2D eigenvalue weighted by molar-refractivity contribution is -0.118. The van der Waals surface area contributed by atoms with Crippen molar-refractivity contribution < 1.29 is 13.6 Å². The van der Waals surface area contributed by atoms with Gasteiger partial charge in [0.25, 0.3) is 0 Å². The standard InChI is InChI=1S/C25H30F2N4O/c1-3-21(26)22(27)14-17(2)15-24(32)31-25(23(29)16-19-6-4-5-7-19)30-13-12-18-8-10-20(28)11-9-18/h3,8-14,19,29H,2,4-7,15-16,28H2,1H3,(H,30,31,32)/b13-12+,21-3+,22-14+,29-23?. The maximum absolute atomic E-state index is 13.6. The monoisotopic (exact) mass is 440 g/mol. The Labute approximate surface area is 188 Å². The molecule has 1 fully saturated rings. The Morgan fingerprint density at radius 3 is 2.53 bits per heavy atom. The molecule has 0 bridgehead atoms. The van der Waals surface area contributed by atoms with Crippen LogP contribution in [-0.4, -0.2) is 17.5 Å². The van der Waals surface area contributed by atoms with E-state index in [0.29, 0.717) is 18.0 Å². The van der Waals surface area contributed by atoms with E-state index in [4.69, 9.17) is 11.1 Å². The maximum Gasteiger partial charge on any atom is 0.229 e. The normalized spacial score (nSPS) is 15.9. The molecule has 1 aromatic carbocycles. The maximum atomic E-state index is 13.6. The Morgan fingerprint density at radius 2 is 1.91 bits per heavy atom. The first kappa shape index (κ1) is 24.9. The topological polar surface area (TPSA) is 91.3 Å². The van der Waals surface area contributed by atoms with Crippen molar-refractivity contribution >= 4 is 29.2 Å². The molecule has 0 aliphatic heterocycles. The summed E-state index contributed by atoms with van der Waals surface area (Å²) in [5, 5.41) is 11.1. The summed E-state index contributed by atoms with van der Waals surface area (Å²) in [6, 6.07) is 7.20. The molecular weight excluding hydrogens is 410 g/mol. The molecule has 0 saturated heterocycles. The van der Waals surface area contributed by atoms with Crippen LogP contribution in [0.25, 0.3) is 6.08 Å². The molecule has 0 atom stereocenters. The van der Waals surface area contributed by atoms with Gasteiger partial charge in [0.05, 0.1) is 12.1 Å². The van der Waals surface area contributed by atoms with Gasteiger partial charge in [0.1, 0.15) is 0 Å². The number of nitrogens with zero attached hydrogens (tertiary/aromatic N) is 1. The van der Waals surface area contributed by atoms with Crippen LogP contribution in [0.4, 0.5) is 14.5 Å². The SMILES string of the molecule is C=C(/C=C(F)\C(F)=C/C)CC(=O)NC(=N/C=C/c1ccc(N)cc1)C(=N)CC1CCCC1. The second-order valence-corrected chi connectivity index (χ2v) is 7.81. The molecule has 170 valence electrons. The number of hydrogen-bond donors (Lipinski definition) is 3. The molecule has 2 rings (SSSR count). The Morgan fingerprint density at radius 1 is 1.25 bits per heavy atom. The molecule has 7 heteroatoms. The van der Waals surface area contributed by atoms with Crippen LogP contribution in [0, 0.1) is 11.3 Å². The van der Waals surface area contributed by atoms with Gasteiger partial charge in [0, 0.05) is 11.9 Å². The zero-order valence-electron chi connectivity index (χ0n) is 18.3. The molecule has 0 heterocycles. The fourth-order valence-corrected chi connectivity index (χ4v) is 3.41. The number of aliphatic imine (C=N–C) groups is 1. The van der Waals surface area contributed by atoms with Gasteiger partial charge < -0.3 is 16.5 Å². The number of carbonyl (C=O) groups is 1. The Bertz CT molecular complexity index is 953. The number of hydrogen-bond acceptors (Lipinski definition) is 4. The van der Waals surface area contributed by atoms with Gasteiger partial charge >= 0.3 is 0 Å². The van der Waals surface area contributed by atoms with Crippen LogP contribution in [0.3, 0.4) is 0 Å². The van der Waals surface area contributed by atoms with Crippen LogP contribution < -0.4 is 11.1 Å². The van der Waals surface area contributed by atoms with Gasteiger partial charge in [-0.25, -0.2) is 13.8 Å². The summed E-state index contributed by atoms with van der Waals surface area (Å²) in [6.45, 7) is 4.98. The molecule has 0 radical (unpaired) electrons. The number of halogens is 2. The van der Waals surface area contributed by atoms with Crippen molar-refractivity contribution in [3.63, 3.8) is 0 Å². The summed E-state index contributed by atoms with van der Waals surface area (Å²) in [5.74, 6) is -2.05. The van der Waals surface area contributed by atoms with Crippen molar-refractivity contribution in [2.24, 2.45) is 10.9 Å². The van der Waals surface area contributed by atoms with Crippen molar-refractivity contribution in [3.05, 3.63) is 72.0 Å². The van der Waals surface area contributed by atoms with E-state index in [1.165, 1.54) is 13.1 Å². The van der Waals surface area contributed by atoms with E-state index in [9.17, 15) is 13.6 Å². The third-order valence-electron chi connectivity index (χ3n) is 5.12. The average molecular weight is 441 g/mol. The van der Waals surface area contributed by atoms with Gasteiger partial charge in [0.2, 0.25) is 5.91 Å². The van der Waals surface area contributed by atoms with Crippen LogP contribution >= 0.6 is 0 Å². The summed E-state index contributed by atoms with van der Waals surface area (Å²) in [5.41, 5.74) is 7.55. The lowest BCUT2D eigenvalue weighted by Gasteiger charge is -2.13. The summed E-state index contributed by atoms with van der Waals surface area (Å²) in [6.07, 6.45) is 9.82. The zero-order valence-corrected chi connectivity index (χ0v) is 18.3. The van der Waals surface area contributed by atoms with Crippen LogP contribution in [0.2, 0.25) is 0 Å². The summed E-state index contributed by atoms with van der Waals surface area (Å²) >= 11 is 0. The minimum atomic E-state index is -1.08. The van der Waals surface area contributed by atoms with Crippen LogP contribution in [-0.2, 0) is 4.79 Å². The van der Waals surface area contributed by atoms with Gasteiger partial charge in [0.15, 0.2) is 17.5 Å². The number of benzene rings is 1. The first-order chi connectivity index (χ1) is 15.3. The second kappa shape index (κ2) is 12.5. The molecule has 1 aliphatic rings. The predicted molar refractivity (Wildman–Crippen MR) is 128 cm³/mol. The number of amides is 1. The highest BCUT2D eigenvalue weighted by Crippen LogP contribution is 2.27. The van der Waals surface area contributed by atoms with Gasteiger partial charge in [-0.15, -0.1) is 0 Å². The molecule has 5 nitrogen and oxygen atoms in total. The molecular formula is C25H30F2N4O. The lowest BCUT2D eigenvalue weighted by Crippen LogP contribution is -2.36. The highest BCUT2D eigenvalue weighted by atomic mass is 19.2. The second-order valence-electron chi connectivity index (χ2n) is 7.81. The van der Waals surface area contributed by atoms with E-state index < -0.39 is 17.6 Å².